The zero-order valence-electron chi connectivity index (χ0n) is 17.7. The molecule has 0 saturated carbocycles. The number of phenolic OH excluding ortho intramolecular Hbond substituents is 1. The van der Waals surface area contributed by atoms with Gasteiger partial charge in [-0.3, -0.25) is 0 Å². The maximum Gasteiger partial charge on any atom is 0.416 e. The number of likely N-dealkylation sites (tertiary alicyclic amines) is 1. The van der Waals surface area contributed by atoms with E-state index in [1.54, 1.807) is 13.2 Å². The average Bonchev–Trinajstić information content (AvgIpc) is 3.11. The molecule has 1 aliphatic heterocycles. The van der Waals surface area contributed by atoms with E-state index in [0.29, 0.717) is 22.5 Å². The van der Waals surface area contributed by atoms with Gasteiger partial charge >= 0.3 is 6.18 Å². The molecular formula is C22H25F3N4O2. The Morgan fingerprint density at radius 3 is 2.65 bits per heavy atom. The molecule has 0 bridgehead atoms. The van der Waals surface area contributed by atoms with Crippen LogP contribution in [0.15, 0.2) is 24.4 Å². The summed E-state index contributed by atoms with van der Waals surface area (Å²) in [5.74, 6) is 0.133. The van der Waals surface area contributed by atoms with E-state index in [1.165, 1.54) is 6.92 Å². The number of hydrogen-bond acceptors (Lipinski definition) is 5. The van der Waals surface area contributed by atoms with Gasteiger partial charge in [0, 0.05) is 24.3 Å². The maximum absolute atomic E-state index is 13.1. The first-order valence-corrected chi connectivity index (χ1v) is 10.3. The highest BCUT2D eigenvalue weighted by Gasteiger charge is 2.32. The van der Waals surface area contributed by atoms with Crippen molar-refractivity contribution < 1.29 is 23.0 Å². The van der Waals surface area contributed by atoms with E-state index in [0.717, 1.165) is 44.6 Å². The van der Waals surface area contributed by atoms with Crippen LogP contribution in [0.4, 0.5) is 13.2 Å². The molecule has 1 fully saturated rings. The van der Waals surface area contributed by atoms with E-state index in [1.807, 2.05) is 6.20 Å². The van der Waals surface area contributed by atoms with Gasteiger partial charge in [-0.05, 0) is 56.6 Å². The lowest BCUT2D eigenvalue weighted by Gasteiger charge is -2.32. The third-order valence-electron chi connectivity index (χ3n) is 5.98. The number of rotatable bonds is 4. The second-order valence-corrected chi connectivity index (χ2v) is 7.95. The molecule has 1 aromatic carbocycles. The van der Waals surface area contributed by atoms with E-state index in [-0.39, 0.29) is 17.2 Å². The van der Waals surface area contributed by atoms with E-state index >= 15 is 0 Å². The van der Waals surface area contributed by atoms with Gasteiger partial charge in [0.1, 0.15) is 11.5 Å². The first-order chi connectivity index (χ1) is 14.7. The Morgan fingerprint density at radius 2 is 2.00 bits per heavy atom. The summed E-state index contributed by atoms with van der Waals surface area (Å²) in [6, 6.07) is 3.68. The molecule has 1 aliphatic rings. The lowest BCUT2D eigenvalue weighted by molar-refractivity contribution is -0.137. The first-order valence-electron chi connectivity index (χ1n) is 10.3. The minimum absolute atomic E-state index is 0.229. The molecule has 3 aromatic rings. The Kier molecular flexibility index (Phi) is 5.55. The number of aromatic hydroxyl groups is 1. The van der Waals surface area contributed by atoms with E-state index in [4.69, 9.17) is 4.74 Å². The zero-order valence-corrected chi connectivity index (χ0v) is 17.7. The SMILES string of the molecule is CCN1CCC[C@@H](n2cc(OC)c3cc(-c4c(C)cc(C(F)(F)F)cc4O)nnc32)C1. The number of piperidine rings is 1. The van der Waals surface area contributed by atoms with Crippen LogP contribution < -0.4 is 4.74 Å². The highest BCUT2D eigenvalue weighted by Crippen LogP contribution is 2.40. The monoisotopic (exact) mass is 434 g/mol. The molecule has 1 atom stereocenters. The number of ether oxygens (including phenoxy) is 1. The van der Waals surface area contributed by atoms with Gasteiger partial charge in [-0.15, -0.1) is 10.2 Å². The van der Waals surface area contributed by atoms with Crippen molar-refractivity contribution in [2.24, 2.45) is 0 Å². The molecule has 0 unspecified atom stereocenters. The van der Waals surface area contributed by atoms with Crippen LogP contribution in [0.3, 0.4) is 0 Å². The molecule has 0 radical (unpaired) electrons. The molecular weight excluding hydrogens is 409 g/mol. The molecule has 4 rings (SSSR count). The number of aryl methyl sites for hydroxylation is 1. The topological polar surface area (TPSA) is 63.4 Å². The highest BCUT2D eigenvalue weighted by molar-refractivity contribution is 5.88. The number of fused-ring (bicyclic) bond motifs is 1. The summed E-state index contributed by atoms with van der Waals surface area (Å²) in [5, 5.41) is 19.7. The first kappa shape index (κ1) is 21.4. The molecule has 1 N–H and O–H groups in total. The molecule has 166 valence electrons. The van der Waals surface area contributed by atoms with Crippen LogP contribution in [0, 0.1) is 6.92 Å². The van der Waals surface area contributed by atoms with Gasteiger partial charge in [0.15, 0.2) is 5.65 Å². The predicted octanol–water partition coefficient (Wildman–Crippen LogP) is 4.80. The van der Waals surface area contributed by atoms with Crippen molar-refractivity contribution in [2.45, 2.75) is 38.9 Å². The molecule has 1 saturated heterocycles. The summed E-state index contributed by atoms with van der Waals surface area (Å²) in [7, 11) is 1.57. The van der Waals surface area contributed by atoms with Gasteiger partial charge in [-0.2, -0.15) is 13.2 Å². The Bertz CT molecular complexity index is 1090. The maximum atomic E-state index is 13.1. The van der Waals surface area contributed by atoms with E-state index in [2.05, 4.69) is 26.6 Å². The standard InChI is InChI=1S/C22H25F3N4O2/c1-4-28-7-5-6-15(11-28)29-12-19(31-3)16-10-17(26-27-21(16)29)20-13(2)8-14(9-18(20)30)22(23,24)25/h8-10,12,15,30H,4-7,11H2,1-3H3/t15-/m1/s1. The number of likely N-dealkylation sites (N-methyl/N-ethyl adjacent to an activating group) is 1. The van der Waals surface area contributed by atoms with Crippen LogP contribution in [0.1, 0.15) is 36.9 Å². The molecule has 0 amide bonds. The summed E-state index contributed by atoms with van der Waals surface area (Å²) >= 11 is 0. The lowest BCUT2D eigenvalue weighted by Crippen LogP contribution is -2.36. The largest absolute Gasteiger partial charge is 0.507 e. The highest BCUT2D eigenvalue weighted by atomic mass is 19.4. The molecule has 3 heterocycles. The van der Waals surface area contributed by atoms with Gasteiger partial charge in [0.2, 0.25) is 0 Å². The fourth-order valence-corrected chi connectivity index (χ4v) is 4.39. The predicted molar refractivity (Wildman–Crippen MR) is 111 cm³/mol. The number of alkyl halides is 3. The second-order valence-electron chi connectivity index (χ2n) is 7.95. The van der Waals surface area contributed by atoms with Gasteiger partial charge in [-0.1, -0.05) is 6.92 Å². The van der Waals surface area contributed by atoms with Crippen LogP contribution >= 0.6 is 0 Å². The number of benzene rings is 1. The van der Waals surface area contributed by atoms with Crippen LogP contribution in [-0.2, 0) is 6.18 Å². The number of methoxy groups -OCH3 is 1. The minimum Gasteiger partial charge on any atom is -0.507 e. The van der Waals surface area contributed by atoms with E-state index in [9.17, 15) is 18.3 Å². The van der Waals surface area contributed by atoms with Crippen molar-refractivity contribution in [2.75, 3.05) is 26.7 Å². The van der Waals surface area contributed by atoms with Crippen LogP contribution in [0.5, 0.6) is 11.5 Å². The van der Waals surface area contributed by atoms with Gasteiger partial charge in [-0.25, -0.2) is 0 Å². The third-order valence-corrected chi connectivity index (χ3v) is 5.98. The molecule has 6 nitrogen and oxygen atoms in total. The molecule has 2 aromatic heterocycles. The van der Waals surface area contributed by atoms with Gasteiger partial charge in [0.25, 0.3) is 0 Å². The van der Waals surface area contributed by atoms with Crippen molar-refractivity contribution in [3.8, 4) is 22.8 Å². The molecule has 0 aliphatic carbocycles. The van der Waals surface area contributed by atoms with Crippen LogP contribution in [0.25, 0.3) is 22.3 Å². The van der Waals surface area contributed by atoms with Crippen molar-refractivity contribution >= 4 is 11.0 Å². The minimum atomic E-state index is -4.54. The van der Waals surface area contributed by atoms with Crippen molar-refractivity contribution in [3.05, 3.63) is 35.5 Å². The summed E-state index contributed by atoms with van der Waals surface area (Å²) < 4.78 is 46.8. The summed E-state index contributed by atoms with van der Waals surface area (Å²) in [6.07, 6.45) is -0.522. The quantitative estimate of drug-likeness (QED) is 0.639. The fraction of sp³-hybridized carbons (Fsp3) is 0.455. The number of nitrogens with zero attached hydrogens (tertiary/aromatic N) is 4. The van der Waals surface area contributed by atoms with Gasteiger partial charge < -0.3 is 19.3 Å². The summed E-state index contributed by atoms with van der Waals surface area (Å²) in [5.41, 5.74) is 0.553. The van der Waals surface area contributed by atoms with E-state index < -0.39 is 17.5 Å². The Balaban J connectivity index is 1.79. The summed E-state index contributed by atoms with van der Waals surface area (Å²) in [6.45, 7) is 6.62. The number of halogens is 3. The van der Waals surface area contributed by atoms with Gasteiger partial charge in [0.05, 0.1) is 23.8 Å². The molecule has 31 heavy (non-hydrogen) atoms. The number of aromatic nitrogens is 3. The molecule has 9 heteroatoms. The zero-order chi connectivity index (χ0) is 22.3. The van der Waals surface area contributed by atoms with Crippen molar-refractivity contribution in [3.63, 3.8) is 0 Å². The normalized spacial score (nSPS) is 17.9. The smallest absolute Gasteiger partial charge is 0.416 e. The fourth-order valence-electron chi connectivity index (χ4n) is 4.39. The summed E-state index contributed by atoms with van der Waals surface area (Å²) in [4.78, 5) is 2.39. The van der Waals surface area contributed by atoms with Crippen LogP contribution in [-0.4, -0.2) is 51.5 Å². The lowest BCUT2D eigenvalue weighted by atomic mass is 10.00. The van der Waals surface area contributed by atoms with Crippen molar-refractivity contribution in [1.29, 1.82) is 0 Å². The van der Waals surface area contributed by atoms with Crippen molar-refractivity contribution in [1.82, 2.24) is 19.7 Å². The third kappa shape index (κ3) is 3.94. The average molecular weight is 434 g/mol. The second kappa shape index (κ2) is 8.03. The number of hydrogen-bond donors (Lipinski definition) is 1. The Labute approximate surface area is 178 Å². The Morgan fingerprint density at radius 1 is 1.23 bits per heavy atom. The van der Waals surface area contributed by atoms with Crippen LogP contribution in [0.2, 0.25) is 0 Å². The molecule has 0 spiro atoms. The Hall–Kier alpha value is -2.81. The number of phenols is 1.